The second-order valence-corrected chi connectivity index (χ2v) is 3.94. The number of carbonyl (C=O) groups is 1. The summed E-state index contributed by atoms with van der Waals surface area (Å²) in [6.45, 7) is 2.28. The van der Waals surface area contributed by atoms with Gasteiger partial charge >= 0.3 is 5.97 Å². The second kappa shape index (κ2) is 4.47. The summed E-state index contributed by atoms with van der Waals surface area (Å²) in [5, 5.41) is 0. The predicted octanol–water partition coefficient (Wildman–Crippen LogP) is 3.13. The quantitative estimate of drug-likeness (QED) is 0.707. The minimum atomic E-state index is -0.181. The lowest BCUT2D eigenvalue weighted by Gasteiger charge is -2.27. The minimum absolute atomic E-state index is 0.181. The Morgan fingerprint density at radius 1 is 1.40 bits per heavy atom. The Hall–Kier alpha value is -1.31. The van der Waals surface area contributed by atoms with E-state index in [0.717, 1.165) is 5.56 Å². The van der Waals surface area contributed by atoms with Crippen LogP contribution < -0.4 is 0 Å². The minimum Gasteiger partial charge on any atom is -0.462 e. The third-order valence-corrected chi connectivity index (χ3v) is 3.00. The topological polar surface area (TPSA) is 26.3 Å². The maximum atomic E-state index is 11.7. The van der Waals surface area contributed by atoms with Crippen molar-refractivity contribution in [3.63, 3.8) is 0 Å². The molecule has 1 saturated carbocycles. The summed E-state index contributed by atoms with van der Waals surface area (Å²) in [4.78, 5) is 11.7. The van der Waals surface area contributed by atoms with E-state index in [4.69, 9.17) is 4.74 Å². The molecule has 80 valence electrons. The summed E-state index contributed by atoms with van der Waals surface area (Å²) in [6, 6.07) is 7.81. The van der Waals surface area contributed by atoms with E-state index >= 15 is 0 Å². The highest BCUT2D eigenvalue weighted by molar-refractivity contribution is 5.91. The summed E-state index contributed by atoms with van der Waals surface area (Å²) in [5.41, 5.74) is 1.92. The standard InChI is InChI=1S/C13H16O2/c1-2-15-13(14)12-9-4-3-8-11(12)10-6-5-7-10/h3-4,8-10H,2,5-7H2,1H3. The van der Waals surface area contributed by atoms with E-state index in [2.05, 4.69) is 6.07 Å². The van der Waals surface area contributed by atoms with Crippen molar-refractivity contribution < 1.29 is 9.53 Å². The molecular weight excluding hydrogens is 188 g/mol. The van der Waals surface area contributed by atoms with Crippen molar-refractivity contribution in [2.24, 2.45) is 0 Å². The molecule has 15 heavy (non-hydrogen) atoms. The van der Waals surface area contributed by atoms with Gasteiger partial charge in [0.15, 0.2) is 0 Å². The normalized spacial score (nSPS) is 15.8. The molecule has 0 unspecified atom stereocenters. The van der Waals surface area contributed by atoms with Gasteiger partial charge in [-0.15, -0.1) is 0 Å². The number of ether oxygens (including phenoxy) is 1. The van der Waals surface area contributed by atoms with Crippen molar-refractivity contribution in [3.8, 4) is 0 Å². The molecule has 1 fully saturated rings. The fourth-order valence-electron chi connectivity index (χ4n) is 1.97. The van der Waals surface area contributed by atoms with Crippen LogP contribution in [-0.4, -0.2) is 12.6 Å². The van der Waals surface area contributed by atoms with Gasteiger partial charge in [0, 0.05) is 0 Å². The number of benzene rings is 1. The first-order chi connectivity index (χ1) is 7.33. The highest BCUT2D eigenvalue weighted by Gasteiger charge is 2.24. The molecule has 0 atom stereocenters. The second-order valence-electron chi connectivity index (χ2n) is 3.94. The van der Waals surface area contributed by atoms with Crippen molar-refractivity contribution in [1.29, 1.82) is 0 Å². The SMILES string of the molecule is CCOC(=O)c1ccccc1C1CCC1. The Morgan fingerprint density at radius 2 is 2.13 bits per heavy atom. The van der Waals surface area contributed by atoms with Crippen LogP contribution in [0.25, 0.3) is 0 Å². The van der Waals surface area contributed by atoms with Crippen LogP contribution in [0, 0.1) is 0 Å². The lowest BCUT2D eigenvalue weighted by molar-refractivity contribution is 0.0523. The van der Waals surface area contributed by atoms with E-state index in [1.54, 1.807) is 0 Å². The molecule has 2 nitrogen and oxygen atoms in total. The van der Waals surface area contributed by atoms with E-state index < -0.39 is 0 Å². The highest BCUT2D eigenvalue weighted by atomic mass is 16.5. The van der Waals surface area contributed by atoms with Crippen LogP contribution in [-0.2, 0) is 4.74 Å². The molecule has 0 bridgehead atoms. The summed E-state index contributed by atoms with van der Waals surface area (Å²) < 4.78 is 5.05. The van der Waals surface area contributed by atoms with Crippen LogP contribution in [0.5, 0.6) is 0 Å². The average Bonchev–Trinajstić information content (AvgIpc) is 2.16. The van der Waals surface area contributed by atoms with E-state index in [9.17, 15) is 4.79 Å². The fourth-order valence-corrected chi connectivity index (χ4v) is 1.97. The number of esters is 1. The molecule has 2 rings (SSSR count). The lowest BCUT2D eigenvalue weighted by atomic mass is 9.78. The zero-order chi connectivity index (χ0) is 10.7. The van der Waals surface area contributed by atoms with Crippen molar-refractivity contribution in [3.05, 3.63) is 35.4 Å². The summed E-state index contributed by atoms with van der Waals surface area (Å²) >= 11 is 0. The van der Waals surface area contributed by atoms with E-state index in [0.29, 0.717) is 12.5 Å². The van der Waals surface area contributed by atoms with Crippen LogP contribution in [0.1, 0.15) is 48.0 Å². The van der Waals surface area contributed by atoms with E-state index in [-0.39, 0.29) is 5.97 Å². The largest absolute Gasteiger partial charge is 0.462 e. The number of hydrogen-bond acceptors (Lipinski definition) is 2. The Morgan fingerprint density at radius 3 is 2.73 bits per heavy atom. The molecule has 1 aromatic rings. The maximum Gasteiger partial charge on any atom is 0.338 e. The van der Waals surface area contributed by atoms with Crippen molar-refractivity contribution >= 4 is 5.97 Å². The summed E-state index contributed by atoms with van der Waals surface area (Å²) in [6.07, 6.45) is 3.69. The van der Waals surface area contributed by atoms with Gasteiger partial charge in [-0.2, -0.15) is 0 Å². The third-order valence-electron chi connectivity index (χ3n) is 3.00. The molecule has 1 aliphatic rings. The van der Waals surface area contributed by atoms with Crippen molar-refractivity contribution in [1.82, 2.24) is 0 Å². The summed E-state index contributed by atoms with van der Waals surface area (Å²) in [5.74, 6) is 0.394. The van der Waals surface area contributed by atoms with Crippen molar-refractivity contribution in [2.45, 2.75) is 32.1 Å². The van der Waals surface area contributed by atoms with Crippen molar-refractivity contribution in [2.75, 3.05) is 6.61 Å². The van der Waals surface area contributed by atoms with Crippen LogP contribution in [0.3, 0.4) is 0 Å². The fraction of sp³-hybridized carbons (Fsp3) is 0.462. The van der Waals surface area contributed by atoms with Gasteiger partial charge in [0.2, 0.25) is 0 Å². The first-order valence-corrected chi connectivity index (χ1v) is 5.59. The Bertz CT molecular complexity index is 353. The molecular formula is C13H16O2. The smallest absolute Gasteiger partial charge is 0.338 e. The van der Waals surface area contributed by atoms with Gasteiger partial charge in [0.1, 0.15) is 0 Å². The van der Waals surface area contributed by atoms with Crippen LogP contribution in [0.2, 0.25) is 0 Å². The van der Waals surface area contributed by atoms with E-state index in [1.165, 1.54) is 24.8 Å². The van der Waals surface area contributed by atoms with Crippen LogP contribution in [0.4, 0.5) is 0 Å². The zero-order valence-corrected chi connectivity index (χ0v) is 9.03. The molecule has 0 spiro atoms. The lowest BCUT2D eigenvalue weighted by Crippen LogP contribution is -2.15. The molecule has 0 heterocycles. The Kier molecular flexibility index (Phi) is 3.05. The Labute approximate surface area is 90.3 Å². The van der Waals surface area contributed by atoms with Gasteiger partial charge in [-0.1, -0.05) is 24.6 Å². The first kappa shape index (κ1) is 10.2. The van der Waals surface area contributed by atoms with Crippen LogP contribution in [0.15, 0.2) is 24.3 Å². The van der Waals surface area contributed by atoms with Gasteiger partial charge in [-0.25, -0.2) is 4.79 Å². The van der Waals surface area contributed by atoms with Gasteiger partial charge in [-0.05, 0) is 37.3 Å². The first-order valence-electron chi connectivity index (χ1n) is 5.59. The number of rotatable bonds is 3. The number of hydrogen-bond donors (Lipinski definition) is 0. The molecule has 0 N–H and O–H groups in total. The molecule has 2 heteroatoms. The van der Waals surface area contributed by atoms with Gasteiger partial charge in [-0.3, -0.25) is 0 Å². The van der Waals surface area contributed by atoms with Crippen LogP contribution >= 0.6 is 0 Å². The predicted molar refractivity (Wildman–Crippen MR) is 59.0 cm³/mol. The van der Waals surface area contributed by atoms with Gasteiger partial charge in [0.05, 0.1) is 12.2 Å². The molecule has 0 saturated heterocycles. The summed E-state index contributed by atoms with van der Waals surface area (Å²) in [7, 11) is 0. The molecule has 0 radical (unpaired) electrons. The molecule has 0 aliphatic heterocycles. The van der Waals surface area contributed by atoms with Gasteiger partial charge < -0.3 is 4.74 Å². The van der Waals surface area contributed by atoms with Gasteiger partial charge in [0.25, 0.3) is 0 Å². The molecule has 0 aromatic heterocycles. The molecule has 0 amide bonds. The monoisotopic (exact) mass is 204 g/mol. The maximum absolute atomic E-state index is 11.7. The average molecular weight is 204 g/mol. The zero-order valence-electron chi connectivity index (χ0n) is 9.03. The Balaban J connectivity index is 2.24. The third kappa shape index (κ3) is 2.04. The highest BCUT2D eigenvalue weighted by Crippen LogP contribution is 2.37. The van der Waals surface area contributed by atoms with E-state index in [1.807, 2.05) is 25.1 Å². The number of carbonyl (C=O) groups excluding carboxylic acids is 1. The molecule has 1 aliphatic carbocycles. The molecule has 1 aromatic carbocycles.